The van der Waals surface area contributed by atoms with Crippen LogP contribution < -0.4 is 10.6 Å². The molecule has 0 atom stereocenters. The molecule has 2 amide bonds. The molecule has 0 saturated carbocycles. The highest BCUT2D eigenvalue weighted by Crippen LogP contribution is 2.27. The first-order valence-electron chi connectivity index (χ1n) is 10.3. The van der Waals surface area contributed by atoms with Crippen molar-refractivity contribution in [3.63, 3.8) is 0 Å². The Labute approximate surface area is 202 Å². The molecule has 4 aromatic rings. The van der Waals surface area contributed by atoms with Crippen LogP contribution in [0.25, 0.3) is 17.1 Å². The molecular weight excluding hydrogens is 479 g/mol. The zero-order valence-corrected chi connectivity index (χ0v) is 18.9. The van der Waals surface area contributed by atoms with Crippen molar-refractivity contribution >= 4 is 29.3 Å². The van der Waals surface area contributed by atoms with Crippen molar-refractivity contribution in [2.45, 2.75) is 5.16 Å². The minimum absolute atomic E-state index is 0.0768. The van der Waals surface area contributed by atoms with Gasteiger partial charge < -0.3 is 10.6 Å². The quantitative estimate of drug-likeness (QED) is 0.281. The molecule has 0 saturated heterocycles. The maximum Gasteiger partial charge on any atom is 0.243 e. The van der Waals surface area contributed by atoms with Crippen molar-refractivity contribution < 1.29 is 22.8 Å². The van der Waals surface area contributed by atoms with E-state index in [4.69, 9.17) is 0 Å². The second-order valence-corrected chi connectivity index (χ2v) is 8.12. The Morgan fingerprint density at radius 3 is 2.23 bits per heavy atom. The Bertz CT molecular complexity index is 1350. The Morgan fingerprint density at radius 1 is 0.829 bits per heavy atom. The second-order valence-electron chi connectivity index (χ2n) is 7.18. The molecule has 0 spiro atoms. The van der Waals surface area contributed by atoms with Crippen molar-refractivity contribution in [2.75, 3.05) is 17.6 Å². The second kappa shape index (κ2) is 10.9. The SMILES string of the molecule is O=C(CSc1nnc(-c2ccccc2)n1-c1ccccc1)NCC(=O)Nc1ccc(F)c(F)c1F. The third-order valence-electron chi connectivity index (χ3n) is 4.77. The van der Waals surface area contributed by atoms with E-state index in [1.807, 2.05) is 65.2 Å². The highest BCUT2D eigenvalue weighted by Gasteiger charge is 2.18. The van der Waals surface area contributed by atoms with E-state index in [2.05, 4.69) is 20.8 Å². The molecule has 2 N–H and O–H groups in total. The summed E-state index contributed by atoms with van der Waals surface area (Å²) in [5.41, 5.74) is 1.13. The minimum Gasteiger partial charge on any atom is -0.346 e. The number of anilines is 1. The van der Waals surface area contributed by atoms with Crippen LogP contribution in [0.3, 0.4) is 0 Å². The number of carbonyl (C=O) groups is 2. The molecule has 7 nitrogen and oxygen atoms in total. The van der Waals surface area contributed by atoms with E-state index in [1.54, 1.807) is 0 Å². The summed E-state index contributed by atoms with van der Waals surface area (Å²) in [6.07, 6.45) is 0. The lowest BCUT2D eigenvalue weighted by Crippen LogP contribution is -2.34. The maximum absolute atomic E-state index is 13.7. The summed E-state index contributed by atoms with van der Waals surface area (Å²) in [7, 11) is 0. The lowest BCUT2D eigenvalue weighted by atomic mass is 10.2. The van der Waals surface area contributed by atoms with E-state index >= 15 is 0 Å². The first-order chi connectivity index (χ1) is 16.9. The average Bonchev–Trinajstić information content (AvgIpc) is 3.31. The van der Waals surface area contributed by atoms with Gasteiger partial charge in [0.25, 0.3) is 0 Å². The van der Waals surface area contributed by atoms with Crippen molar-refractivity contribution in [3.8, 4) is 17.1 Å². The molecule has 1 heterocycles. The summed E-state index contributed by atoms with van der Waals surface area (Å²) < 4.78 is 41.8. The fourth-order valence-corrected chi connectivity index (χ4v) is 3.91. The van der Waals surface area contributed by atoms with Crippen LogP contribution in [0.1, 0.15) is 0 Å². The number of rotatable bonds is 8. The number of carbonyl (C=O) groups excluding carboxylic acids is 2. The highest BCUT2D eigenvalue weighted by atomic mass is 32.2. The van der Waals surface area contributed by atoms with Gasteiger partial charge in [0.15, 0.2) is 28.4 Å². The van der Waals surface area contributed by atoms with Gasteiger partial charge in [-0.25, -0.2) is 13.2 Å². The van der Waals surface area contributed by atoms with Gasteiger partial charge >= 0.3 is 0 Å². The topological polar surface area (TPSA) is 88.9 Å². The first-order valence-corrected chi connectivity index (χ1v) is 11.3. The minimum atomic E-state index is -1.69. The van der Waals surface area contributed by atoms with Crippen LogP contribution in [0.4, 0.5) is 18.9 Å². The Balaban J connectivity index is 1.40. The molecule has 0 radical (unpaired) electrons. The van der Waals surface area contributed by atoms with Gasteiger partial charge in [-0.15, -0.1) is 10.2 Å². The fraction of sp³-hybridized carbons (Fsp3) is 0.0833. The summed E-state index contributed by atoms with van der Waals surface area (Å²) in [4.78, 5) is 24.3. The Hall–Kier alpha value is -4.12. The largest absolute Gasteiger partial charge is 0.346 e. The summed E-state index contributed by atoms with van der Waals surface area (Å²) in [5.74, 6) is -5.34. The van der Waals surface area contributed by atoms with Gasteiger partial charge in [-0.2, -0.15) is 0 Å². The number of hydrogen-bond donors (Lipinski definition) is 2. The molecule has 1 aromatic heterocycles. The molecule has 0 unspecified atom stereocenters. The third-order valence-corrected chi connectivity index (χ3v) is 5.70. The molecule has 0 aliphatic rings. The fourth-order valence-electron chi connectivity index (χ4n) is 3.12. The zero-order valence-electron chi connectivity index (χ0n) is 18.0. The van der Waals surface area contributed by atoms with Crippen molar-refractivity contribution in [2.24, 2.45) is 0 Å². The Kier molecular flexibility index (Phi) is 7.46. The summed E-state index contributed by atoms with van der Waals surface area (Å²) >= 11 is 1.12. The summed E-state index contributed by atoms with van der Waals surface area (Å²) in [5, 5.41) is 13.5. The number of nitrogens with zero attached hydrogens (tertiary/aromatic N) is 3. The lowest BCUT2D eigenvalue weighted by molar-refractivity contribution is -0.122. The maximum atomic E-state index is 13.7. The predicted octanol–water partition coefficient (Wildman–Crippen LogP) is 4.20. The van der Waals surface area contributed by atoms with Crippen LogP contribution in [0.2, 0.25) is 0 Å². The van der Waals surface area contributed by atoms with E-state index < -0.39 is 41.5 Å². The molecular formula is C24H18F3N5O2S. The average molecular weight is 498 g/mol. The highest BCUT2D eigenvalue weighted by molar-refractivity contribution is 7.99. The van der Waals surface area contributed by atoms with Crippen molar-refractivity contribution in [1.29, 1.82) is 0 Å². The van der Waals surface area contributed by atoms with Gasteiger partial charge in [0.1, 0.15) is 0 Å². The van der Waals surface area contributed by atoms with Gasteiger partial charge in [0, 0.05) is 11.3 Å². The van der Waals surface area contributed by atoms with Gasteiger partial charge in [0.2, 0.25) is 11.8 Å². The van der Waals surface area contributed by atoms with Crippen molar-refractivity contribution in [3.05, 3.63) is 90.2 Å². The predicted molar refractivity (Wildman–Crippen MR) is 125 cm³/mol. The molecule has 35 heavy (non-hydrogen) atoms. The number of thioether (sulfide) groups is 1. The normalized spacial score (nSPS) is 10.7. The van der Waals surface area contributed by atoms with Gasteiger partial charge in [-0.1, -0.05) is 60.3 Å². The van der Waals surface area contributed by atoms with E-state index in [9.17, 15) is 22.8 Å². The van der Waals surface area contributed by atoms with Gasteiger partial charge in [-0.05, 0) is 24.3 Å². The molecule has 0 bridgehead atoms. The number of aromatic nitrogens is 3. The van der Waals surface area contributed by atoms with Crippen molar-refractivity contribution in [1.82, 2.24) is 20.1 Å². The lowest BCUT2D eigenvalue weighted by Gasteiger charge is -2.11. The zero-order chi connectivity index (χ0) is 24.8. The smallest absolute Gasteiger partial charge is 0.243 e. The van der Waals surface area contributed by atoms with Crippen LogP contribution in [0.15, 0.2) is 78.0 Å². The van der Waals surface area contributed by atoms with Gasteiger partial charge in [-0.3, -0.25) is 14.2 Å². The number of amides is 2. The molecule has 3 aromatic carbocycles. The van der Waals surface area contributed by atoms with Crippen LogP contribution in [0, 0.1) is 17.5 Å². The van der Waals surface area contributed by atoms with E-state index in [0.29, 0.717) is 17.0 Å². The van der Waals surface area contributed by atoms with Crippen LogP contribution >= 0.6 is 11.8 Å². The number of benzene rings is 3. The van der Waals surface area contributed by atoms with Crippen LogP contribution in [-0.4, -0.2) is 38.9 Å². The summed E-state index contributed by atoms with van der Waals surface area (Å²) in [6.45, 7) is -0.488. The van der Waals surface area contributed by atoms with Crippen LogP contribution in [-0.2, 0) is 9.59 Å². The molecule has 0 fully saturated rings. The monoisotopic (exact) mass is 497 g/mol. The number of nitrogens with one attached hydrogen (secondary N) is 2. The number of hydrogen-bond acceptors (Lipinski definition) is 5. The molecule has 0 aliphatic heterocycles. The summed E-state index contributed by atoms with van der Waals surface area (Å²) in [6, 6.07) is 20.5. The van der Waals surface area contributed by atoms with E-state index in [-0.39, 0.29) is 5.75 Å². The third kappa shape index (κ3) is 5.69. The molecule has 4 rings (SSSR count). The standard InChI is InChI=1S/C24H18F3N5O2S/c25-17-11-12-18(22(27)21(17)26)29-19(33)13-28-20(34)14-35-24-31-30-23(15-7-3-1-4-8-15)32(24)16-9-5-2-6-10-16/h1-12H,13-14H2,(H,28,34)(H,29,33). The first kappa shape index (κ1) is 24.0. The molecule has 11 heteroatoms. The van der Waals surface area contributed by atoms with E-state index in [1.165, 1.54) is 0 Å². The van der Waals surface area contributed by atoms with Gasteiger partial charge in [0.05, 0.1) is 18.0 Å². The number of halogens is 3. The molecule has 0 aliphatic carbocycles. The van der Waals surface area contributed by atoms with Crippen LogP contribution in [0.5, 0.6) is 0 Å². The van der Waals surface area contributed by atoms with E-state index in [0.717, 1.165) is 29.1 Å². The Morgan fingerprint density at radius 2 is 1.51 bits per heavy atom. The molecule has 178 valence electrons. The number of para-hydroxylation sites is 1.